The third-order valence-electron chi connectivity index (χ3n) is 4.51. The maximum atomic E-state index is 13.6. The number of hydrogen-bond donors (Lipinski definition) is 1. The van der Waals surface area contributed by atoms with Gasteiger partial charge in [0, 0.05) is 17.1 Å². The highest BCUT2D eigenvalue weighted by Gasteiger charge is 2.42. The van der Waals surface area contributed by atoms with Crippen molar-refractivity contribution in [2.45, 2.75) is 32.0 Å². The van der Waals surface area contributed by atoms with Crippen molar-refractivity contribution in [2.24, 2.45) is 5.92 Å². The molecule has 0 radical (unpaired) electrons. The summed E-state index contributed by atoms with van der Waals surface area (Å²) in [5.41, 5.74) is 0.198. The lowest BCUT2D eigenvalue weighted by atomic mass is 10.0. The molecular formula is C24H21ClF3N3OS. The van der Waals surface area contributed by atoms with Crippen LogP contribution in [-0.4, -0.2) is 16.7 Å². The molecule has 0 saturated heterocycles. The van der Waals surface area contributed by atoms with Gasteiger partial charge in [0.05, 0.1) is 11.4 Å². The number of rotatable bonds is 9. The summed E-state index contributed by atoms with van der Waals surface area (Å²) in [7, 11) is 0. The van der Waals surface area contributed by atoms with Crippen molar-refractivity contribution in [3.05, 3.63) is 70.7 Å². The molecule has 1 N–H and O–H groups in total. The van der Waals surface area contributed by atoms with E-state index < -0.39 is 11.7 Å². The number of allylic oxidation sites excluding steroid dienone is 1. The topological polar surface area (TPSA) is 57.9 Å². The Morgan fingerprint density at radius 3 is 2.58 bits per heavy atom. The fourth-order valence-corrected chi connectivity index (χ4v) is 3.81. The van der Waals surface area contributed by atoms with Gasteiger partial charge in [-0.25, -0.2) is 9.37 Å². The number of nitriles is 1. The number of alkyl halides is 4. The van der Waals surface area contributed by atoms with Crippen LogP contribution in [0.5, 0.6) is 5.75 Å². The second kappa shape index (κ2) is 10.7. The first-order chi connectivity index (χ1) is 15.7. The van der Waals surface area contributed by atoms with Crippen LogP contribution >= 0.6 is 22.9 Å². The van der Waals surface area contributed by atoms with E-state index in [1.807, 2.05) is 23.6 Å². The van der Waals surface area contributed by atoms with Crippen LogP contribution in [0.25, 0.3) is 16.8 Å². The number of anilines is 1. The number of halogens is 4. The van der Waals surface area contributed by atoms with Crippen LogP contribution in [-0.2, 0) is 6.42 Å². The van der Waals surface area contributed by atoms with E-state index in [0.717, 1.165) is 17.7 Å². The fraction of sp³-hybridized carbons (Fsp3) is 0.250. The first kappa shape index (κ1) is 24.6. The highest BCUT2D eigenvalue weighted by Crippen LogP contribution is 2.34. The Morgan fingerprint density at radius 2 is 1.94 bits per heavy atom. The molecule has 9 heteroatoms. The number of hydrogen-bond acceptors (Lipinski definition) is 5. The van der Waals surface area contributed by atoms with Gasteiger partial charge >= 0.3 is 6.11 Å². The molecule has 0 aliphatic rings. The maximum absolute atomic E-state index is 13.6. The predicted molar refractivity (Wildman–Crippen MR) is 126 cm³/mol. The molecule has 0 fully saturated rings. The van der Waals surface area contributed by atoms with Gasteiger partial charge in [0.2, 0.25) is 0 Å². The number of nitrogens with one attached hydrogen (secondary N) is 1. The highest BCUT2D eigenvalue weighted by atomic mass is 35.5. The molecule has 0 bridgehead atoms. The number of thiazole rings is 1. The van der Waals surface area contributed by atoms with E-state index in [4.69, 9.17) is 11.6 Å². The largest absolute Gasteiger partial charge is 0.444 e. The molecule has 1 atom stereocenters. The molecule has 0 aliphatic heterocycles. The zero-order chi connectivity index (χ0) is 24.0. The van der Waals surface area contributed by atoms with Crippen molar-refractivity contribution in [1.29, 1.82) is 5.26 Å². The Labute approximate surface area is 199 Å². The summed E-state index contributed by atoms with van der Waals surface area (Å²) in [6.45, 7) is 4.33. The first-order valence-electron chi connectivity index (χ1n) is 10.1. The molecule has 0 aliphatic carbocycles. The molecule has 4 nitrogen and oxygen atoms in total. The summed E-state index contributed by atoms with van der Waals surface area (Å²) in [6, 6.07) is 15.9. The van der Waals surface area contributed by atoms with Gasteiger partial charge < -0.3 is 10.1 Å². The van der Waals surface area contributed by atoms with Gasteiger partial charge in [-0.3, -0.25) is 0 Å². The summed E-state index contributed by atoms with van der Waals surface area (Å²) in [6.07, 6.45) is -1.89. The molecule has 172 valence electrons. The fourth-order valence-electron chi connectivity index (χ4n) is 2.97. The number of para-hydroxylation sites is 2. The molecule has 2 aromatic carbocycles. The monoisotopic (exact) mass is 491 g/mol. The van der Waals surface area contributed by atoms with Gasteiger partial charge in [0.1, 0.15) is 22.4 Å². The number of aromatic nitrogens is 1. The van der Waals surface area contributed by atoms with Crippen LogP contribution < -0.4 is 10.1 Å². The van der Waals surface area contributed by atoms with Crippen molar-refractivity contribution in [2.75, 3.05) is 5.32 Å². The number of ether oxygens (including phenoxy) is 1. The van der Waals surface area contributed by atoms with Crippen molar-refractivity contribution in [3.63, 3.8) is 0 Å². The van der Waals surface area contributed by atoms with Crippen LogP contribution in [0.3, 0.4) is 0 Å². The minimum atomic E-state index is -4.21. The summed E-state index contributed by atoms with van der Waals surface area (Å²) >= 11 is 6.15. The van der Waals surface area contributed by atoms with Crippen LogP contribution in [0.2, 0.25) is 0 Å². The second-order valence-electron chi connectivity index (χ2n) is 7.61. The summed E-state index contributed by atoms with van der Waals surface area (Å²) in [5, 5.41) is 14.6. The van der Waals surface area contributed by atoms with E-state index in [0.29, 0.717) is 10.9 Å². The molecule has 1 aromatic heterocycles. The van der Waals surface area contributed by atoms with E-state index in [1.165, 1.54) is 41.3 Å². The van der Waals surface area contributed by atoms with Gasteiger partial charge in [-0.05, 0) is 30.0 Å². The van der Waals surface area contributed by atoms with E-state index in [-0.39, 0.29) is 17.0 Å². The normalized spacial score (nSPS) is 13.0. The van der Waals surface area contributed by atoms with Crippen molar-refractivity contribution >= 4 is 34.2 Å². The molecule has 33 heavy (non-hydrogen) atoms. The SMILES string of the molecule is CC(C)Cc1ccc(-c2csc(/C(C#N)=C/Nc3ccccc3OC(F)(F)[C@@H](F)Cl)n2)cc1. The predicted octanol–water partition coefficient (Wildman–Crippen LogP) is 7.49. The molecule has 0 spiro atoms. The molecule has 0 unspecified atom stereocenters. The quantitative estimate of drug-likeness (QED) is 0.249. The van der Waals surface area contributed by atoms with E-state index in [1.54, 1.807) is 6.07 Å². The molecule has 3 rings (SSSR count). The average Bonchev–Trinajstić information content (AvgIpc) is 3.25. The van der Waals surface area contributed by atoms with Gasteiger partial charge in [0.15, 0.2) is 0 Å². The summed E-state index contributed by atoms with van der Waals surface area (Å²) < 4.78 is 44.5. The third kappa shape index (κ3) is 6.50. The minimum absolute atomic E-state index is 0.111. The van der Waals surface area contributed by atoms with Crippen molar-refractivity contribution < 1.29 is 17.9 Å². The lowest BCUT2D eigenvalue weighted by molar-refractivity contribution is -0.198. The molecular weight excluding hydrogens is 471 g/mol. The summed E-state index contributed by atoms with van der Waals surface area (Å²) in [4.78, 5) is 4.53. The first-order valence-corrected chi connectivity index (χ1v) is 11.4. The van der Waals surface area contributed by atoms with Crippen LogP contribution in [0.1, 0.15) is 24.4 Å². The molecule has 0 saturated carbocycles. The lowest BCUT2D eigenvalue weighted by Gasteiger charge is -2.19. The summed E-state index contributed by atoms with van der Waals surface area (Å²) in [5.74, 6) is 0.244. The Morgan fingerprint density at radius 1 is 1.24 bits per heavy atom. The third-order valence-corrected chi connectivity index (χ3v) is 5.64. The number of nitrogens with zero attached hydrogens (tertiary/aromatic N) is 2. The van der Waals surface area contributed by atoms with Gasteiger partial charge in [0.25, 0.3) is 5.63 Å². The standard InChI is InChI=1S/C24H21ClF3N3OS/c1-15(2)11-16-7-9-17(10-8-16)20-14-33-22(31-20)18(12-29)13-30-19-5-3-4-6-21(19)32-24(27,28)23(25)26/h3-10,13-15,23,30H,11H2,1-2H3/b18-13+/t23-/m1/s1. The van der Waals surface area contributed by atoms with E-state index in [9.17, 15) is 18.4 Å². The second-order valence-corrected chi connectivity index (χ2v) is 8.85. The molecule has 3 aromatic rings. The Hall–Kier alpha value is -3.02. The maximum Gasteiger partial charge on any atom is 0.444 e. The van der Waals surface area contributed by atoms with Gasteiger partial charge in [-0.15, -0.1) is 11.3 Å². The Bertz CT molecular complexity index is 1150. The zero-order valence-electron chi connectivity index (χ0n) is 17.9. The number of benzene rings is 2. The zero-order valence-corrected chi connectivity index (χ0v) is 19.4. The van der Waals surface area contributed by atoms with E-state index in [2.05, 4.69) is 41.0 Å². The van der Waals surface area contributed by atoms with Crippen LogP contribution in [0.4, 0.5) is 18.9 Å². The van der Waals surface area contributed by atoms with Crippen LogP contribution in [0, 0.1) is 17.2 Å². The molecule has 0 amide bonds. The smallest absolute Gasteiger partial charge is 0.427 e. The Kier molecular flexibility index (Phi) is 8.01. The van der Waals surface area contributed by atoms with Crippen molar-refractivity contribution in [1.82, 2.24) is 4.98 Å². The average molecular weight is 492 g/mol. The lowest BCUT2D eigenvalue weighted by Crippen LogP contribution is -2.33. The van der Waals surface area contributed by atoms with Gasteiger partial charge in [-0.2, -0.15) is 14.0 Å². The van der Waals surface area contributed by atoms with Crippen molar-refractivity contribution in [3.8, 4) is 23.1 Å². The van der Waals surface area contributed by atoms with Crippen LogP contribution in [0.15, 0.2) is 60.1 Å². The van der Waals surface area contributed by atoms with E-state index >= 15 is 0 Å². The molecule has 1 heterocycles. The Balaban J connectivity index is 1.78. The van der Waals surface area contributed by atoms with Gasteiger partial charge in [-0.1, -0.05) is 61.8 Å². The highest BCUT2D eigenvalue weighted by molar-refractivity contribution is 7.11. The minimum Gasteiger partial charge on any atom is -0.427 e.